The Labute approximate surface area is 118 Å². The Balaban J connectivity index is 2.22. The number of rotatable bonds is 5. The van der Waals surface area contributed by atoms with E-state index >= 15 is 0 Å². The molecule has 0 radical (unpaired) electrons. The van der Waals surface area contributed by atoms with Crippen LogP contribution >= 0.6 is 0 Å². The van der Waals surface area contributed by atoms with Gasteiger partial charge in [0.2, 0.25) is 15.9 Å². The topological polar surface area (TPSA) is 98.5 Å². The summed E-state index contributed by atoms with van der Waals surface area (Å²) in [4.78, 5) is 11.8. The standard InChI is InChI=1S/C13H18N2O4S/c1-8(9-3-4-9)13(16)15-10-5-6-11(19-2)12(7-10)20(14,17)18/h5-9H,3-4H2,1-2H3,(H,15,16)(H2,14,17,18). The van der Waals surface area contributed by atoms with Crippen LogP contribution < -0.4 is 15.2 Å². The van der Waals surface area contributed by atoms with Crippen molar-refractivity contribution in [3.05, 3.63) is 18.2 Å². The second-order valence-corrected chi connectivity index (χ2v) is 6.56. The van der Waals surface area contributed by atoms with Crippen LogP contribution in [0.4, 0.5) is 5.69 Å². The SMILES string of the molecule is COc1ccc(NC(=O)C(C)C2CC2)cc1S(N)(=O)=O. The molecule has 0 aliphatic heterocycles. The first-order valence-corrected chi connectivity index (χ1v) is 7.89. The van der Waals surface area contributed by atoms with Gasteiger partial charge in [0.05, 0.1) is 7.11 Å². The van der Waals surface area contributed by atoms with Crippen molar-refractivity contribution < 1.29 is 17.9 Å². The quantitative estimate of drug-likeness (QED) is 0.856. The van der Waals surface area contributed by atoms with E-state index in [0.717, 1.165) is 12.8 Å². The molecule has 1 fully saturated rings. The third-order valence-electron chi connectivity index (χ3n) is 3.48. The molecular weight excluding hydrogens is 280 g/mol. The monoisotopic (exact) mass is 298 g/mol. The van der Waals surface area contributed by atoms with Crippen molar-refractivity contribution in [2.24, 2.45) is 17.0 Å². The third kappa shape index (κ3) is 3.29. The van der Waals surface area contributed by atoms with Crippen LogP contribution in [0, 0.1) is 11.8 Å². The lowest BCUT2D eigenvalue weighted by Crippen LogP contribution is -2.22. The van der Waals surface area contributed by atoms with Gasteiger partial charge in [0.25, 0.3) is 0 Å². The maximum absolute atomic E-state index is 12.0. The first-order valence-electron chi connectivity index (χ1n) is 6.34. The molecule has 3 N–H and O–H groups in total. The van der Waals surface area contributed by atoms with Crippen LogP contribution in [0.25, 0.3) is 0 Å². The van der Waals surface area contributed by atoms with Crippen LogP contribution in [0.15, 0.2) is 23.1 Å². The molecule has 1 aromatic rings. The fourth-order valence-electron chi connectivity index (χ4n) is 2.04. The first-order chi connectivity index (χ1) is 9.32. The number of carbonyl (C=O) groups is 1. The molecule has 0 heterocycles. The molecule has 1 aliphatic carbocycles. The lowest BCUT2D eigenvalue weighted by molar-refractivity contribution is -0.119. The van der Waals surface area contributed by atoms with Gasteiger partial charge in [-0.15, -0.1) is 0 Å². The van der Waals surface area contributed by atoms with E-state index in [4.69, 9.17) is 9.88 Å². The van der Waals surface area contributed by atoms with Crippen molar-refractivity contribution in [3.8, 4) is 5.75 Å². The van der Waals surface area contributed by atoms with Gasteiger partial charge in [-0.25, -0.2) is 13.6 Å². The largest absolute Gasteiger partial charge is 0.495 e. The maximum atomic E-state index is 12.0. The highest BCUT2D eigenvalue weighted by Crippen LogP contribution is 2.37. The van der Waals surface area contributed by atoms with E-state index in [2.05, 4.69) is 5.32 Å². The average molecular weight is 298 g/mol. The summed E-state index contributed by atoms with van der Waals surface area (Å²) in [7, 11) is -2.55. The minimum absolute atomic E-state index is 0.0740. The summed E-state index contributed by atoms with van der Waals surface area (Å²) in [6.07, 6.45) is 2.14. The van der Waals surface area contributed by atoms with Gasteiger partial charge >= 0.3 is 0 Å². The molecule has 1 unspecified atom stereocenters. The van der Waals surface area contributed by atoms with Crippen LogP contribution in [-0.4, -0.2) is 21.4 Å². The molecule has 1 atom stereocenters. The van der Waals surface area contributed by atoms with Crippen molar-refractivity contribution in [2.75, 3.05) is 12.4 Å². The predicted molar refractivity (Wildman–Crippen MR) is 74.9 cm³/mol. The molecular formula is C13H18N2O4S. The molecule has 7 heteroatoms. The van der Waals surface area contributed by atoms with E-state index < -0.39 is 10.0 Å². The number of benzene rings is 1. The third-order valence-corrected chi connectivity index (χ3v) is 4.41. The Hall–Kier alpha value is -1.60. The summed E-state index contributed by atoms with van der Waals surface area (Å²) < 4.78 is 27.9. The molecule has 0 aromatic heterocycles. The summed E-state index contributed by atoms with van der Waals surface area (Å²) in [6.45, 7) is 1.87. The van der Waals surface area contributed by atoms with Gasteiger partial charge < -0.3 is 10.1 Å². The molecule has 1 amide bonds. The molecule has 2 rings (SSSR count). The maximum Gasteiger partial charge on any atom is 0.241 e. The van der Waals surface area contributed by atoms with Crippen molar-refractivity contribution >= 4 is 21.6 Å². The molecule has 1 aromatic carbocycles. The molecule has 0 saturated heterocycles. The number of hydrogen-bond donors (Lipinski definition) is 2. The van der Waals surface area contributed by atoms with Gasteiger partial charge in [0, 0.05) is 11.6 Å². The molecule has 110 valence electrons. The highest BCUT2D eigenvalue weighted by Gasteiger charge is 2.32. The van der Waals surface area contributed by atoms with Gasteiger partial charge in [-0.1, -0.05) is 6.92 Å². The predicted octanol–water partition coefficient (Wildman–Crippen LogP) is 1.33. The van der Waals surface area contributed by atoms with Crippen LogP contribution in [0.3, 0.4) is 0 Å². The Morgan fingerprint density at radius 3 is 2.60 bits per heavy atom. The summed E-state index contributed by atoms with van der Waals surface area (Å²) in [5.41, 5.74) is 0.396. The van der Waals surface area contributed by atoms with Crippen LogP contribution in [0.1, 0.15) is 19.8 Å². The Morgan fingerprint density at radius 1 is 1.45 bits per heavy atom. The zero-order chi connectivity index (χ0) is 14.9. The molecule has 0 spiro atoms. The second kappa shape index (κ2) is 5.41. The molecule has 20 heavy (non-hydrogen) atoms. The van der Waals surface area contributed by atoms with Crippen molar-refractivity contribution in [3.63, 3.8) is 0 Å². The summed E-state index contributed by atoms with van der Waals surface area (Å²) in [5, 5.41) is 7.84. The van der Waals surface area contributed by atoms with E-state index in [9.17, 15) is 13.2 Å². The van der Waals surface area contributed by atoms with Gasteiger partial charge in [0.15, 0.2) is 0 Å². The molecule has 0 bridgehead atoms. The highest BCUT2D eigenvalue weighted by molar-refractivity contribution is 7.89. The van der Waals surface area contributed by atoms with E-state index in [1.54, 1.807) is 6.07 Å². The number of anilines is 1. The second-order valence-electron chi connectivity index (χ2n) is 5.03. The molecule has 1 saturated carbocycles. The van der Waals surface area contributed by atoms with E-state index in [0.29, 0.717) is 11.6 Å². The van der Waals surface area contributed by atoms with Gasteiger partial charge in [-0.05, 0) is 37.0 Å². The van der Waals surface area contributed by atoms with Crippen LogP contribution in [-0.2, 0) is 14.8 Å². The van der Waals surface area contributed by atoms with Gasteiger partial charge in [0.1, 0.15) is 10.6 Å². The molecule has 1 aliphatic rings. The normalized spacial score (nSPS) is 16.6. The van der Waals surface area contributed by atoms with Crippen molar-refractivity contribution in [2.45, 2.75) is 24.7 Å². The Kier molecular flexibility index (Phi) is 4.01. The number of methoxy groups -OCH3 is 1. The fourth-order valence-corrected chi connectivity index (χ4v) is 2.77. The lowest BCUT2D eigenvalue weighted by atomic mass is 10.1. The number of sulfonamides is 1. The van der Waals surface area contributed by atoms with Crippen LogP contribution in [0.5, 0.6) is 5.75 Å². The zero-order valence-corrected chi connectivity index (χ0v) is 12.2. The Bertz CT molecular complexity index is 623. The zero-order valence-electron chi connectivity index (χ0n) is 11.4. The minimum atomic E-state index is -3.90. The number of carbonyl (C=O) groups excluding carboxylic acids is 1. The average Bonchev–Trinajstić information content (AvgIpc) is 3.21. The van der Waals surface area contributed by atoms with Crippen molar-refractivity contribution in [1.29, 1.82) is 0 Å². The first kappa shape index (κ1) is 14.8. The van der Waals surface area contributed by atoms with Gasteiger partial charge in [-0.3, -0.25) is 4.79 Å². The lowest BCUT2D eigenvalue weighted by Gasteiger charge is -2.13. The van der Waals surface area contributed by atoms with E-state index in [-0.39, 0.29) is 22.5 Å². The fraction of sp³-hybridized carbons (Fsp3) is 0.462. The number of nitrogens with two attached hydrogens (primary N) is 1. The van der Waals surface area contributed by atoms with Gasteiger partial charge in [-0.2, -0.15) is 0 Å². The number of ether oxygens (including phenoxy) is 1. The number of hydrogen-bond acceptors (Lipinski definition) is 4. The van der Waals surface area contributed by atoms with Crippen molar-refractivity contribution in [1.82, 2.24) is 0 Å². The number of primary sulfonamides is 1. The summed E-state index contributed by atoms with van der Waals surface area (Å²) in [6, 6.07) is 4.37. The summed E-state index contributed by atoms with van der Waals surface area (Å²) in [5.74, 6) is 0.403. The Morgan fingerprint density at radius 2 is 2.10 bits per heavy atom. The smallest absolute Gasteiger partial charge is 0.241 e. The molecule has 6 nitrogen and oxygen atoms in total. The number of amides is 1. The summed E-state index contributed by atoms with van der Waals surface area (Å²) >= 11 is 0. The van der Waals surface area contributed by atoms with E-state index in [1.807, 2.05) is 6.92 Å². The highest BCUT2D eigenvalue weighted by atomic mass is 32.2. The van der Waals surface area contributed by atoms with Crippen LogP contribution in [0.2, 0.25) is 0 Å². The minimum Gasteiger partial charge on any atom is -0.495 e. The number of nitrogens with one attached hydrogen (secondary N) is 1. The van der Waals surface area contributed by atoms with E-state index in [1.165, 1.54) is 19.2 Å².